The van der Waals surface area contributed by atoms with E-state index in [1.165, 1.54) is 15.9 Å². The summed E-state index contributed by atoms with van der Waals surface area (Å²) >= 11 is 0. The third-order valence-electron chi connectivity index (χ3n) is 5.51. The third-order valence-corrected chi connectivity index (χ3v) is 10.5. The van der Waals surface area contributed by atoms with E-state index in [-0.39, 0.29) is 5.91 Å². The van der Waals surface area contributed by atoms with Crippen molar-refractivity contribution < 1.29 is 4.79 Å². The molecule has 0 spiro atoms. The van der Waals surface area contributed by atoms with Crippen molar-refractivity contribution in [3.05, 3.63) is 121 Å². The van der Waals surface area contributed by atoms with Gasteiger partial charge in [0, 0.05) is 0 Å². The topological polar surface area (TPSA) is 42.0 Å². The van der Waals surface area contributed by atoms with E-state index >= 15 is 0 Å². The van der Waals surface area contributed by atoms with Gasteiger partial charge in [-0.15, -0.1) is 0 Å². The number of rotatable bonds is 7. The summed E-state index contributed by atoms with van der Waals surface area (Å²) in [4.78, 5) is 16.7. The summed E-state index contributed by atoms with van der Waals surface area (Å²) in [7, 11) is -2.32. The molecule has 1 aromatic heterocycles. The summed E-state index contributed by atoms with van der Waals surface area (Å²) in [5.74, 6) is -0.0832. The molecule has 4 heteroatoms. The van der Waals surface area contributed by atoms with E-state index in [1.807, 2.05) is 0 Å². The molecule has 0 unspecified atom stereocenters. The van der Waals surface area contributed by atoms with Gasteiger partial charge in [0.2, 0.25) is 0 Å². The van der Waals surface area contributed by atoms with E-state index in [4.69, 9.17) is 0 Å². The second-order valence-corrected chi connectivity index (χ2v) is 11.3. The first-order valence-corrected chi connectivity index (χ1v) is 12.4. The van der Waals surface area contributed by atoms with Crippen LogP contribution < -0.4 is 21.2 Å². The molecule has 3 aromatic carbocycles. The van der Waals surface area contributed by atoms with Gasteiger partial charge in [-0.3, -0.25) is 0 Å². The fraction of sp³-hybridized carbons (Fsp3) is 0.0769. The van der Waals surface area contributed by atoms with Crippen LogP contribution in [0.2, 0.25) is 0 Å². The van der Waals surface area contributed by atoms with E-state index in [2.05, 4.69) is 101 Å². The molecule has 1 N–H and O–H groups in total. The Bertz CT molecular complexity index is 974. The number of benzene rings is 3. The van der Waals surface area contributed by atoms with Crippen molar-refractivity contribution in [1.29, 1.82) is 0 Å². The van der Waals surface area contributed by atoms with E-state index in [0.717, 1.165) is 6.16 Å². The van der Waals surface area contributed by atoms with Gasteiger partial charge in [-0.25, -0.2) is 0 Å². The molecule has 0 aliphatic heterocycles. The minimum absolute atomic E-state index is 0.0832. The molecule has 150 valence electrons. The molecule has 4 rings (SSSR count). The Morgan fingerprint density at radius 2 is 1.20 bits per heavy atom. The molecular formula is C26H25N2OP. The summed E-state index contributed by atoms with van der Waals surface area (Å²) in [6.45, 7) is 0.596. The molecular weight excluding hydrogens is 387 g/mol. The van der Waals surface area contributed by atoms with Crippen LogP contribution in [0.5, 0.6) is 0 Å². The van der Waals surface area contributed by atoms with Gasteiger partial charge >= 0.3 is 178 Å². The number of nitrogens with one attached hydrogen (secondary N) is 1. The number of pyridine rings is 1. The van der Waals surface area contributed by atoms with Crippen molar-refractivity contribution in [2.24, 2.45) is 0 Å². The molecule has 4 aromatic rings. The van der Waals surface area contributed by atoms with E-state index in [9.17, 15) is 4.79 Å². The maximum absolute atomic E-state index is 12.6. The van der Waals surface area contributed by atoms with Crippen molar-refractivity contribution in [3.8, 4) is 0 Å². The van der Waals surface area contributed by atoms with Crippen LogP contribution in [0.4, 0.5) is 0 Å². The molecule has 30 heavy (non-hydrogen) atoms. The van der Waals surface area contributed by atoms with Gasteiger partial charge in [-0.05, 0) is 0 Å². The average molecular weight is 412 g/mol. The van der Waals surface area contributed by atoms with E-state index in [1.54, 1.807) is 24.5 Å². The molecule has 0 bridgehead atoms. The summed E-state index contributed by atoms with van der Waals surface area (Å²) in [5.41, 5.74) is 0.587. The average Bonchev–Trinajstić information content (AvgIpc) is 2.84. The number of hydrogen-bond donors (Lipinski definition) is 1. The quantitative estimate of drug-likeness (QED) is 0.472. The van der Waals surface area contributed by atoms with Crippen LogP contribution in [0.25, 0.3) is 0 Å². The number of amides is 1. The Morgan fingerprint density at radius 3 is 1.63 bits per heavy atom. The first-order chi connectivity index (χ1) is 14.8. The Morgan fingerprint density at radius 1 is 0.700 bits per heavy atom. The second kappa shape index (κ2) is 9.47. The zero-order chi connectivity index (χ0) is 20.7. The summed E-state index contributed by atoms with van der Waals surface area (Å²) in [6, 6.07) is 35.8. The summed E-state index contributed by atoms with van der Waals surface area (Å²) in [5, 5.41) is 7.16. The van der Waals surface area contributed by atoms with Gasteiger partial charge in [0.05, 0.1) is 0 Å². The molecule has 0 fully saturated rings. The number of carbonyl (C=O) groups excluding carboxylic acids is 1. The zero-order valence-corrected chi connectivity index (χ0v) is 17.7. The van der Waals surface area contributed by atoms with Crippen LogP contribution in [-0.4, -0.2) is 23.6 Å². The van der Waals surface area contributed by atoms with Gasteiger partial charge in [0.25, 0.3) is 0 Å². The molecule has 0 atom stereocenters. The summed E-state index contributed by atoms with van der Waals surface area (Å²) in [6.07, 6.45) is 4.15. The number of carbonyl (C=O) groups is 1. The first kappa shape index (κ1) is 20.0. The molecule has 0 radical (unpaired) electrons. The minimum atomic E-state index is -2.32. The van der Waals surface area contributed by atoms with Gasteiger partial charge < -0.3 is 0 Å². The zero-order valence-electron chi connectivity index (χ0n) is 16.7. The molecule has 1 heterocycles. The van der Waals surface area contributed by atoms with Gasteiger partial charge in [0.15, 0.2) is 0 Å². The standard InChI is InChI=1S/C26H25N2OP/c29-26(22-11-10-18-27-21-22)28-19-20-30(23-12-4-1-5-13-23,24-14-6-2-7-15-24)25-16-8-3-9-17-25/h1-18,21,30H,19-20H2,(H,28,29). The maximum atomic E-state index is 12.6. The Labute approximate surface area is 178 Å². The summed E-state index contributed by atoms with van der Waals surface area (Å²) < 4.78 is 0. The molecule has 0 saturated carbocycles. The predicted octanol–water partition coefficient (Wildman–Crippen LogP) is 3.54. The third kappa shape index (κ3) is 4.17. The second-order valence-electron chi connectivity index (χ2n) is 7.25. The van der Waals surface area contributed by atoms with Crippen LogP contribution in [0.3, 0.4) is 0 Å². The first-order valence-electron chi connectivity index (χ1n) is 10.2. The Balaban J connectivity index is 1.72. The van der Waals surface area contributed by atoms with Crippen LogP contribution in [0.1, 0.15) is 10.4 Å². The number of aromatic nitrogens is 1. The fourth-order valence-corrected chi connectivity index (χ4v) is 8.71. The van der Waals surface area contributed by atoms with E-state index in [0.29, 0.717) is 12.1 Å². The normalized spacial score (nSPS) is 11.6. The van der Waals surface area contributed by atoms with Crippen molar-refractivity contribution in [2.45, 2.75) is 0 Å². The number of nitrogens with zero attached hydrogens (tertiary/aromatic N) is 1. The van der Waals surface area contributed by atoms with Crippen molar-refractivity contribution in [1.82, 2.24) is 10.3 Å². The van der Waals surface area contributed by atoms with E-state index < -0.39 is 7.26 Å². The fourth-order valence-electron chi connectivity index (χ4n) is 4.06. The molecule has 3 nitrogen and oxygen atoms in total. The van der Waals surface area contributed by atoms with Crippen LogP contribution in [0, 0.1) is 0 Å². The van der Waals surface area contributed by atoms with Crippen LogP contribution in [-0.2, 0) is 0 Å². The van der Waals surface area contributed by atoms with Crippen LogP contribution >= 0.6 is 7.26 Å². The molecule has 0 saturated heterocycles. The monoisotopic (exact) mass is 412 g/mol. The molecule has 1 amide bonds. The number of hydrogen-bond acceptors (Lipinski definition) is 2. The van der Waals surface area contributed by atoms with Gasteiger partial charge in [-0.1, -0.05) is 0 Å². The Hall–Kier alpha value is -3.29. The molecule has 0 aliphatic carbocycles. The Kier molecular flexibility index (Phi) is 6.32. The van der Waals surface area contributed by atoms with Gasteiger partial charge in [0.1, 0.15) is 0 Å². The predicted molar refractivity (Wildman–Crippen MR) is 128 cm³/mol. The van der Waals surface area contributed by atoms with Crippen molar-refractivity contribution in [3.63, 3.8) is 0 Å². The SMILES string of the molecule is O=C(NCC[PH](c1ccccc1)(c1ccccc1)c1ccccc1)c1cccnc1. The van der Waals surface area contributed by atoms with Crippen molar-refractivity contribution in [2.75, 3.05) is 12.7 Å². The van der Waals surface area contributed by atoms with Crippen LogP contribution in [0.15, 0.2) is 116 Å². The molecule has 0 aliphatic rings. The van der Waals surface area contributed by atoms with Gasteiger partial charge in [-0.2, -0.15) is 0 Å². The van der Waals surface area contributed by atoms with Crippen molar-refractivity contribution >= 4 is 29.1 Å².